The number of benzene rings is 5. The summed E-state index contributed by atoms with van der Waals surface area (Å²) < 4.78 is 2.73. The third-order valence-electron chi connectivity index (χ3n) is 8.15. The Morgan fingerprint density at radius 3 is 2.32 bits per heavy atom. The molecule has 6 aromatic rings. The van der Waals surface area contributed by atoms with Crippen LogP contribution in [0.3, 0.4) is 0 Å². The van der Waals surface area contributed by atoms with E-state index in [0.29, 0.717) is 0 Å². The number of allylic oxidation sites excluding steroid dienone is 4. The molecule has 2 aliphatic carbocycles. The number of fused-ring (bicyclic) bond motifs is 7. The molecule has 0 nitrogen and oxygen atoms in total. The first-order chi connectivity index (χ1) is 18.8. The van der Waals surface area contributed by atoms with E-state index in [2.05, 4.69) is 127 Å². The summed E-state index contributed by atoms with van der Waals surface area (Å²) in [5, 5.41) is 2.78. The van der Waals surface area contributed by atoms with Gasteiger partial charge in [0, 0.05) is 26.1 Å². The van der Waals surface area contributed by atoms with Gasteiger partial charge in [0.2, 0.25) is 0 Å². The molecule has 0 aliphatic heterocycles. The van der Waals surface area contributed by atoms with Gasteiger partial charge in [-0.3, -0.25) is 0 Å². The van der Waals surface area contributed by atoms with Crippen molar-refractivity contribution in [1.29, 1.82) is 0 Å². The second kappa shape index (κ2) is 8.68. The molecule has 38 heavy (non-hydrogen) atoms. The number of hydrogen-bond donors (Lipinski definition) is 0. The molecule has 1 aromatic heterocycles. The van der Waals surface area contributed by atoms with Crippen LogP contribution in [-0.4, -0.2) is 0 Å². The first-order valence-electron chi connectivity index (χ1n) is 13.5. The van der Waals surface area contributed by atoms with E-state index in [1.165, 1.54) is 70.3 Å². The minimum Gasteiger partial charge on any atom is -0.135 e. The van der Waals surface area contributed by atoms with Gasteiger partial charge in [-0.2, -0.15) is 0 Å². The second-order valence-electron chi connectivity index (χ2n) is 10.4. The summed E-state index contributed by atoms with van der Waals surface area (Å²) in [5.41, 5.74) is 12.2. The van der Waals surface area contributed by atoms with Crippen molar-refractivity contribution < 1.29 is 0 Å². The largest absolute Gasteiger partial charge is 0.135 e. The SMILES string of the molecule is C1=CC(c2cc(-c3ccccc3)cc(C3c4ccccc4-c4c3ccc3sc5ccccc5c43)c2)=CCC1. The highest BCUT2D eigenvalue weighted by atomic mass is 32.1. The fourth-order valence-electron chi connectivity index (χ4n) is 6.48. The van der Waals surface area contributed by atoms with Crippen molar-refractivity contribution >= 4 is 37.1 Å². The monoisotopic (exact) mass is 502 g/mol. The lowest BCUT2D eigenvalue weighted by molar-refractivity contribution is 1.01. The minimum atomic E-state index is 0.208. The Hall–Kier alpha value is -4.20. The fraction of sp³-hybridized carbons (Fsp3) is 0.0811. The van der Waals surface area contributed by atoms with Gasteiger partial charge in [0.1, 0.15) is 0 Å². The summed E-state index contributed by atoms with van der Waals surface area (Å²) in [7, 11) is 0. The Kier molecular flexibility index (Phi) is 4.99. The van der Waals surface area contributed by atoms with Gasteiger partial charge in [0.25, 0.3) is 0 Å². The summed E-state index contributed by atoms with van der Waals surface area (Å²) in [6.45, 7) is 0. The lowest BCUT2D eigenvalue weighted by Gasteiger charge is -2.19. The molecule has 2 aliphatic rings. The molecular weight excluding hydrogens is 476 g/mol. The van der Waals surface area contributed by atoms with Crippen molar-refractivity contribution in [3.8, 4) is 22.3 Å². The van der Waals surface area contributed by atoms with Crippen LogP contribution in [0.15, 0.2) is 127 Å². The Morgan fingerprint density at radius 1 is 0.605 bits per heavy atom. The quantitative estimate of drug-likeness (QED) is 0.225. The standard InChI is InChI=1S/C37H26S/c1-3-11-24(12-4-1)26-21-27(25-13-5-2-6-14-25)23-28(22-26)35-29-15-7-8-16-30(29)36-32(35)19-20-34-37(36)31-17-9-10-18-33(31)38-34/h1,3-5,7-23,35H,2,6H2. The fourth-order valence-corrected chi connectivity index (χ4v) is 7.59. The molecule has 8 rings (SSSR count). The molecule has 0 radical (unpaired) electrons. The van der Waals surface area contributed by atoms with Gasteiger partial charge in [0.05, 0.1) is 0 Å². The van der Waals surface area contributed by atoms with Gasteiger partial charge in [-0.1, -0.05) is 109 Å². The zero-order valence-corrected chi connectivity index (χ0v) is 21.8. The Labute approximate surface area is 227 Å². The summed E-state index contributed by atoms with van der Waals surface area (Å²) in [6.07, 6.45) is 9.24. The molecule has 0 fully saturated rings. The lowest BCUT2D eigenvalue weighted by Crippen LogP contribution is -2.01. The van der Waals surface area contributed by atoms with Gasteiger partial charge in [-0.15, -0.1) is 11.3 Å². The predicted octanol–water partition coefficient (Wildman–Crippen LogP) is 10.6. The van der Waals surface area contributed by atoms with Crippen LogP contribution in [0.4, 0.5) is 0 Å². The highest BCUT2D eigenvalue weighted by molar-refractivity contribution is 7.25. The van der Waals surface area contributed by atoms with Crippen molar-refractivity contribution in [3.05, 3.63) is 150 Å². The molecule has 1 heterocycles. The van der Waals surface area contributed by atoms with Crippen LogP contribution >= 0.6 is 11.3 Å². The topological polar surface area (TPSA) is 0 Å². The summed E-state index contributed by atoms with van der Waals surface area (Å²) in [4.78, 5) is 0. The number of hydrogen-bond acceptors (Lipinski definition) is 1. The summed E-state index contributed by atoms with van der Waals surface area (Å²) in [5.74, 6) is 0.208. The molecule has 0 bridgehead atoms. The molecule has 0 saturated carbocycles. The van der Waals surface area contributed by atoms with Crippen molar-refractivity contribution in [2.24, 2.45) is 0 Å². The molecule has 1 atom stereocenters. The number of rotatable bonds is 3. The zero-order chi connectivity index (χ0) is 25.1. The van der Waals surface area contributed by atoms with Crippen molar-refractivity contribution in [2.45, 2.75) is 18.8 Å². The first kappa shape index (κ1) is 21.8. The Morgan fingerprint density at radius 2 is 1.42 bits per heavy atom. The van der Waals surface area contributed by atoms with Crippen molar-refractivity contribution in [1.82, 2.24) is 0 Å². The Bertz CT molecular complexity index is 1920. The van der Waals surface area contributed by atoms with Crippen LogP contribution in [0.25, 0.3) is 48.0 Å². The van der Waals surface area contributed by atoms with Crippen molar-refractivity contribution in [2.75, 3.05) is 0 Å². The maximum atomic E-state index is 2.44. The molecule has 0 spiro atoms. The normalized spacial score (nSPS) is 16.0. The summed E-state index contributed by atoms with van der Waals surface area (Å²) >= 11 is 1.91. The van der Waals surface area contributed by atoms with E-state index >= 15 is 0 Å². The zero-order valence-electron chi connectivity index (χ0n) is 21.0. The molecule has 0 amide bonds. The van der Waals surface area contributed by atoms with Crippen LogP contribution in [0.1, 0.15) is 41.0 Å². The third kappa shape index (κ3) is 3.36. The highest BCUT2D eigenvalue weighted by Crippen LogP contribution is 2.53. The molecule has 0 N–H and O–H groups in total. The van der Waals surface area contributed by atoms with Crippen molar-refractivity contribution in [3.63, 3.8) is 0 Å². The molecular formula is C37H26S. The molecule has 180 valence electrons. The highest BCUT2D eigenvalue weighted by Gasteiger charge is 2.32. The third-order valence-corrected chi connectivity index (χ3v) is 9.29. The van der Waals surface area contributed by atoms with E-state index in [0.717, 1.165) is 12.8 Å². The molecule has 1 unspecified atom stereocenters. The first-order valence-corrected chi connectivity index (χ1v) is 14.3. The molecule has 0 saturated heterocycles. The van der Waals surface area contributed by atoms with Crippen LogP contribution in [0.2, 0.25) is 0 Å². The lowest BCUT2D eigenvalue weighted by atomic mass is 9.84. The van der Waals surface area contributed by atoms with Crippen LogP contribution < -0.4 is 0 Å². The van der Waals surface area contributed by atoms with E-state index in [1.54, 1.807) is 0 Å². The predicted molar refractivity (Wildman–Crippen MR) is 164 cm³/mol. The van der Waals surface area contributed by atoms with Gasteiger partial charge in [0.15, 0.2) is 0 Å². The second-order valence-corrected chi connectivity index (χ2v) is 11.5. The van der Waals surface area contributed by atoms with Gasteiger partial charge >= 0.3 is 0 Å². The smallest absolute Gasteiger partial charge is 0.0361 e. The van der Waals surface area contributed by atoms with Gasteiger partial charge < -0.3 is 0 Å². The van der Waals surface area contributed by atoms with E-state index < -0.39 is 0 Å². The molecule has 1 heteroatoms. The van der Waals surface area contributed by atoms with Crippen LogP contribution in [0.5, 0.6) is 0 Å². The van der Waals surface area contributed by atoms with Gasteiger partial charge in [-0.25, -0.2) is 0 Å². The Balaban J connectivity index is 1.41. The number of thiophene rings is 1. The average Bonchev–Trinajstić information content (AvgIpc) is 3.53. The van der Waals surface area contributed by atoms with E-state index in [4.69, 9.17) is 0 Å². The maximum absolute atomic E-state index is 2.44. The van der Waals surface area contributed by atoms with Crippen LogP contribution in [-0.2, 0) is 0 Å². The van der Waals surface area contributed by atoms with Crippen LogP contribution in [0, 0.1) is 0 Å². The average molecular weight is 503 g/mol. The molecule has 5 aromatic carbocycles. The van der Waals surface area contributed by atoms with E-state index in [1.807, 2.05) is 11.3 Å². The minimum absolute atomic E-state index is 0.208. The summed E-state index contributed by atoms with van der Waals surface area (Å²) in [6, 6.07) is 40.8. The van der Waals surface area contributed by atoms with Gasteiger partial charge in [-0.05, 0) is 81.1 Å². The maximum Gasteiger partial charge on any atom is 0.0361 e. The van der Waals surface area contributed by atoms with E-state index in [9.17, 15) is 0 Å². The van der Waals surface area contributed by atoms with E-state index in [-0.39, 0.29) is 5.92 Å².